The molecule has 158 valence electrons. The topological polar surface area (TPSA) is 109 Å². The molecule has 0 fully saturated rings. The van der Waals surface area contributed by atoms with Crippen molar-refractivity contribution in [3.05, 3.63) is 95.9 Å². The summed E-state index contributed by atoms with van der Waals surface area (Å²) in [5.74, 6) is -0.611. The number of nitrogens with zero attached hydrogens (tertiary/aromatic N) is 3. The molecule has 1 aliphatic rings. The number of phenols is 1. The van der Waals surface area contributed by atoms with Crippen LogP contribution in [0.15, 0.2) is 79.1 Å². The standard InChI is InChI=1S/C24H19N5O3/c30-18-10-4-9-17(12-18)26-19(31)14-29-23-20(22(28-29)15-6-2-1-3-7-15)21(27-24(23)32)16-8-5-11-25-13-16/h1-13,21,30H,14H2,(H,26,31)(H,27,32). The molecule has 8 nitrogen and oxygen atoms in total. The third-order valence-electron chi connectivity index (χ3n) is 5.26. The van der Waals surface area contributed by atoms with Gasteiger partial charge in [0.2, 0.25) is 5.91 Å². The number of anilines is 1. The highest BCUT2D eigenvalue weighted by molar-refractivity contribution is 6.01. The first kappa shape index (κ1) is 19.5. The zero-order chi connectivity index (χ0) is 22.1. The van der Waals surface area contributed by atoms with Crippen LogP contribution in [0.4, 0.5) is 5.69 Å². The molecular formula is C24H19N5O3. The Bertz CT molecular complexity index is 1300. The maximum absolute atomic E-state index is 12.9. The molecule has 32 heavy (non-hydrogen) atoms. The molecule has 2 aromatic carbocycles. The number of carbonyl (C=O) groups excluding carboxylic acids is 2. The van der Waals surface area contributed by atoms with Crippen molar-refractivity contribution in [2.75, 3.05) is 5.32 Å². The first-order valence-corrected chi connectivity index (χ1v) is 10.1. The monoisotopic (exact) mass is 425 g/mol. The lowest BCUT2D eigenvalue weighted by atomic mass is 9.98. The molecule has 3 heterocycles. The van der Waals surface area contributed by atoms with Crippen LogP contribution in [0.3, 0.4) is 0 Å². The van der Waals surface area contributed by atoms with E-state index in [9.17, 15) is 14.7 Å². The lowest BCUT2D eigenvalue weighted by molar-refractivity contribution is -0.116. The maximum Gasteiger partial charge on any atom is 0.270 e. The Hall–Kier alpha value is -4.46. The van der Waals surface area contributed by atoms with Crippen molar-refractivity contribution in [1.29, 1.82) is 0 Å². The van der Waals surface area contributed by atoms with Gasteiger partial charge < -0.3 is 15.7 Å². The number of rotatable bonds is 5. The first-order valence-electron chi connectivity index (χ1n) is 10.1. The van der Waals surface area contributed by atoms with Crippen LogP contribution in [0.2, 0.25) is 0 Å². The third kappa shape index (κ3) is 3.58. The van der Waals surface area contributed by atoms with Gasteiger partial charge in [-0.1, -0.05) is 42.5 Å². The second-order valence-corrected chi connectivity index (χ2v) is 7.43. The van der Waals surface area contributed by atoms with Gasteiger partial charge in [0.15, 0.2) is 0 Å². The molecule has 1 atom stereocenters. The number of phenolic OH excluding ortho intramolecular Hbond substituents is 1. The zero-order valence-corrected chi connectivity index (χ0v) is 16.9. The second-order valence-electron chi connectivity index (χ2n) is 7.43. The summed E-state index contributed by atoms with van der Waals surface area (Å²) in [6.45, 7) is -0.155. The molecular weight excluding hydrogens is 406 g/mol. The van der Waals surface area contributed by atoms with E-state index >= 15 is 0 Å². The van der Waals surface area contributed by atoms with Crippen LogP contribution in [0.5, 0.6) is 5.75 Å². The Morgan fingerprint density at radius 2 is 1.94 bits per heavy atom. The summed E-state index contributed by atoms with van der Waals surface area (Å²) in [6.07, 6.45) is 3.38. The summed E-state index contributed by atoms with van der Waals surface area (Å²) in [6, 6.07) is 19.1. The third-order valence-corrected chi connectivity index (χ3v) is 5.26. The molecule has 1 unspecified atom stereocenters. The van der Waals surface area contributed by atoms with Gasteiger partial charge in [-0.15, -0.1) is 0 Å². The van der Waals surface area contributed by atoms with Crippen molar-refractivity contribution in [1.82, 2.24) is 20.1 Å². The second kappa shape index (κ2) is 7.99. The van der Waals surface area contributed by atoms with Gasteiger partial charge in [0, 0.05) is 35.3 Å². The minimum Gasteiger partial charge on any atom is -0.508 e. The Kier molecular flexibility index (Phi) is 4.87. The number of hydrogen-bond donors (Lipinski definition) is 3. The average molecular weight is 425 g/mol. The average Bonchev–Trinajstić information content (AvgIpc) is 3.34. The smallest absolute Gasteiger partial charge is 0.270 e. The van der Waals surface area contributed by atoms with Crippen molar-refractivity contribution < 1.29 is 14.7 Å². The fourth-order valence-corrected chi connectivity index (χ4v) is 3.90. The summed E-state index contributed by atoms with van der Waals surface area (Å²) in [4.78, 5) is 29.8. The normalized spacial score (nSPS) is 14.6. The van der Waals surface area contributed by atoms with E-state index in [0.29, 0.717) is 17.1 Å². The summed E-state index contributed by atoms with van der Waals surface area (Å²) < 4.78 is 1.43. The maximum atomic E-state index is 12.9. The predicted octanol–water partition coefficient (Wildman–Crippen LogP) is 3.12. The fourth-order valence-electron chi connectivity index (χ4n) is 3.90. The lowest BCUT2D eigenvalue weighted by Gasteiger charge is -2.12. The van der Waals surface area contributed by atoms with Gasteiger partial charge in [0.05, 0.1) is 11.7 Å². The number of pyridine rings is 1. The molecule has 0 aliphatic carbocycles. The Balaban J connectivity index is 1.55. The summed E-state index contributed by atoms with van der Waals surface area (Å²) in [5.41, 5.74) is 3.85. The highest BCUT2D eigenvalue weighted by atomic mass is 16.3. The van der Waals surface area contributed by atoms with Gasteiger partial charge in [-0.3, -0.25) is 14.6 Å². The van der Waals surface area contributed by atoms with Crippen LogP contribution >= 0.6 is 0 Å². The predicted molar refractivity (Wildman–Crippen MR) is 118 cm³/mol. The van der Waals surface area contributed by atoms with Crippen molar-refractivity contribution in [2.24, 2.45) is 0 Å². The molecule has 3 N–H and O–H groups in total. The van der Waals surface area contributed by atoms with Crippen LogP contribution in [0, 0.1) is 0 Å². The minimum absolute atomic E-state index is 0.0489. The van der Waals surface area contributed by atoms with Crippen molar-refractivity contribution in [2.45, 2.75) is 12.6 Å². The van der Waals surface area contributed by atoms with Crippen LogP contribution < -0.4 is 10.6 Å². The summed E-state index contributed by atoms with van der Waals surface area (Å²) in [7, 11) is 0. The summed E-state index contributed by atoms with van der Waals surface area (Å²) >= 11 is 0. The molecule has 0 spiro atoms. The Morgan fingerprint density at radius 3 is 2.69 bits per heavy atom. The molecule has 4 aromatic rings. The zero-order valence-electron chi connectivity index (χ0n) is 16.9. The number of nitrogens with one attached hydrogen (secondary N) is 2. The molecule has 0 radical (unpaired) electrons. The lowest BCUT2D eigenvalue weighted by Crippen LogP contribution is -2.26. The van der Waals surface area contributed by atoms with Crippen molar-refractivity contribution in [3.63, 3.8) is 0 Å². The Morgan fingerprint density at radius 1 is 1.09 bits per heavy atom. The number of aromatic nitrogens is 3. The molecule has 8 heteroatoms. The minimum atomic E-state index is -0.413. The number of benzene rings is 2. The molecule has 5 rings (SSSR count). The van der Waals surface area contributed by atoms with E-state index in [1.807, 2.05) is 42.5 Å². The number of fused-ring (bicyclic) bond motifs is 1. The van der Waals surface area contributed by atoms with Crippen LogP contribution in [0.1, 0.15) is 27.7 Å². The van der Waals surface area contributed by atoms with E-state index < -0.39 is 6.04 Å². The first-order chi connectivity index (χ1) is 15.6. The van der Waals surface area contributed by atoms with Crippen molar-refractivity contribution >= 4 is 17.5 Å². The van der Waals surface area contributed by atoms with Crippen LogP contribution in [-0.4, -0.2) is 31.7 Å². The molecule has 0 saturated carbocycles. The molecule has 2 aromatic heterocycles. The Labute approximate surface area is 183 Å². The number of hydrogen-bond acceptors (Lipinski definition) is 5. The highest BCUT2D eigenvalue weighted by Gasteiger charge is 2.38. The van der Waals surface area contributed by atoms with Gasteiger partial charge >= 0.3 is 0 Å². The van der Waals surface area contributed by atoms with Gasteiger partial charge in [0.25, 0.3) is 5.91 Å². The van der Waals surface area contributed by atoms with Crippen LogP contribution in [0.25, 0.3) is 11.3 Å². The number of aromatic hydroxyl groups is 1. The molecule has 0 bridgehead atoms. The molecule has 1 aliphatic heterocycles. The molecule has 0 saturated heterocycles. The number of carbonyl (C=O) groups is 2. The van der Waals surface area contributed by atoms with E-state index in [0.717, 1.165) is 16.7 Å². The number of amides is 2. The van der Waals surface area contributed by atoms with Crippen LogP contribution in [-0.2, 0) is 11.3 Å². The van der Waals surface area contributed by atoms with E-state index in [1.165, 1.54) is 16.8 Å². The largest absolute Gasteiger partial charge is 0.508 e. The SMILES string of the molecule is O=C(Cn1nc(-c2ccccc2)c2c1C(=O)NC2c1cccnc1)Nc1cccc(O)c1. The summed E-state index contributed by atoms with van der Waals surface area (Å²) in [5, 5.41) is 20.0. The van der Waals surface area contributed by atoms with Gasteiger partial charge in [-0.25, -0.2) is 4.68 Å². The highest BCUT2D eigenvalue weighted by Crippen LogP contribution is 2.38. The van der Waals surface area contributed by atoms with Gasteiger partial charge in [0.1, 0.15) is 18.0 Å². The van der Waals surface area contributed by atoms with Crippen molar-refractivity contribution in [3.8, 4) is 17.0 Å². The quantitative estimate of drug-likeness (QED) is 0.455. The van der Waals surface area contributed by atoms with E-state index in [2.05, 4.69) is 20.7 Å². The van der Waals surface area contributed by atoms with E-state index in [4.69, 9.17) is 0 Å². The fraction of sp³-hybridized carbons (Fsp3) is 0.0833. The van der Waals surface area contributed by atoms with Gasteiger partial charge in [-0.2, -0.15) is 5.10 Å². The molecule has 2 amide bonds. The van der Waals surface area contributed by atoms with E-state index in [1.54, 1.807) is 24.5 Å². The van der Waals surface area contributed by atoms with Gasteiger partial charge in [-0.05, 0) is 23.8 Å². The van der Waals surface area contributed by atoms with E-state index in [-0.39, 0.29) is 24.1 Å².